The highest BCUT2D eigenvalue weighted by Crippen LogP contribution is 2.10. The summed E-state index contributed by atoms with van der Waals surface area (Å²) in [6.07, 6.45) is 0.357. The largest absolute Gasteiger partial charge is 0.385 e. The van der Waals surface area contributed by atoms with E-state index in [1.807, 2.05) is 24.3 Å². The van der Waals surface area contributed by atoms with Crippen LogP contribution in [0.5, 0.6) is 0 Å². The zero-order valence-corrected chi connectivity index (χ0v) is 12.7. The highest BCUT2D eigenvalue weighted by Gasteiger charge is 2.00. The van der Waals surface area contributed by atoms with Gasteiger partial charge in [0.2, 0.25) is 5.91 Å². The van der Waals surface area contributed by atoms with Crippen molar-refractivity contribution >= 4 is 63.4 Å². The summed E-state index contributed by atoms with van der Waals surface area (Å²) >= 11 is 10.7. The van der Waals surface area contributed by atoms with Crippen LogP contribution in [0.4, 0.5) is 5.69 Å². The fourth-order valence-electron chi connectivity index (χ4n) is 1.07. The number of halogens is 1. The van der Waals surface area contributed by atoms with Gasteiger partial charge in [0.15, 0.2) is 0 Å². The van der Waals surface area contributed by atoms with Crippen LogP contribution in [0.3, 0.4) is 0 Å². The topological polar surface area (TPSA) is 53.2 Å². The molecule has 7 heteroatoms. The van der Waals surface area contributed by atoms with E-state index in [0.717, 1.165) is 5.69 Å². The smallest absolute Gasteiger partial charge is 0.240 e. The summed E-state index contributed by atoms with van der Waals surface area (Å²) in [4.78, 5) is 11.3. The molecule has 0 atom stereocenters. The van der Waals surface area contributed by atoms with Crippen molar-refractivity contribution in [1.82, 2.24) is 10.9 Å². The highest BCUT2D eigenvalue weighted by atomic mass is 127. The van der Waals surface area contributed by atoms with Crippen LogP contribution in [0.25, 0.3) is 0 Å². The second kappa shape index (κ2) is 7.72. The predicted octanol–water partition coefficient (Wildman–Crippen LogP) is 1.93. The van der Waals surface area contributed by atoms with Gasteiger partial charge in [-0.05, 0) is 46.9 Å². The number of hydrogen-bond acceptors (Lipinski definition) is 3. The number of carbonyl (C=O) groups is 1. The van der Waals surface area contributed by atoms with Crippen molar-refractivity contribution in [2.24, 2.45) is 0 Å². The lowest BCUT2D eigenvalue weighted by molar-refractivity contribution is -0.121. The van der Waals surface area contributed by atoms with Gasteiger partial charge in [-0.1, -0.05) is 12.2 Å². The Balaban J connectivity index is 2.21. The molecule has 0 aromatic heterocycles. The number of rotatable bonds is 4. The lowest BCUT2D eigenvalue weighted by atomic mass is 10.3. The molecule has 0 spiro atoms. The quantitative estimate of drug-likeness (QED) is 0.279. The molecule has 0 aliphatic heterocycles. The van der Waals surface area contributed by atoms with Gasteiger partial charge >= 0.3 is 0 Å². The molecule has 0 bridgehead atoms. The van der Waals surface area contributed by atoms with Crippen LogP contribution >= 0.6 is 47.4 Å². The van der Waals surface area contributed by atoms with Gasteiger partial charge in [-0.3, -0.25) is 15.6 Å². The minimum absolute atomic E-state index is 0.139. The van der Waals surface area contributed by atoms with Gasteiger partial charge in [0.1, 0.15) is 4.32 Å². The third-order valence-electron chi connectivity index (χ3n) is 1.83. The van der Waals surface area contributed by atoms with Gasteiger partial charge in [-0.2, -0.15) is 0 Å². The summed E-state index contributed by atoms with van der Waals surface area (Å²) in [6, 6.07) is 7.95. The maximum absolute atomic E-state index is 11.3. The van der Waals surface area contributed by atoms with Crippen molar-refractivity contribution < 1.29 is 4.79 Å². The van der Waals surface area contributed by atoms with Crippen LogP contribution in [-0.2, 0) is 4.79 Å². The third kappa shape index (κ3) is 6.69. The molecule has 3 N–H and O–H groups in total. The lowest BCUT2D eigenvalue weighted by Gasteiger charge is -2.08. The zero-order valence-electron chi connectivity index (χ0n) is 8.87. The number of amides is 1. The van der Waals surface area contributed by atoms with E-state index in [-0.39, 0.29) is 10.2 Å². The number of thiocarbonyl (C=S) groups is 1. The Hall–Kier alpha value is -0.540. The van der Waals surface area contributed by atoms with Gasteiger partial charge in [0.05, 0.1) is 0 Å². The molecule has 0 saturated carbocycles. The molecule has 1 rings (SSSR count). The number of hydrogen-bond donors (Lipinski definition) is 4. The van der Waals surface area contributed by atoms with Crippen molar-refractivity contribution in [3.05, 3.63) is 27.8 Å². The van der Waals surface area contributed by atoms with Gasteiger partial charge in [-0.15, -0.1) is 12.6 Å². The molecule has 0 radical (unpaired) electrons. The van der Waals surface area contributed by atoms with Crippen molar-refractivity contribution in [3.8, 4) is 0 Å². The first-order valence-corrected chi connectivity index (χ1v) is 6.78. The molecule has 1 aromatic rings. The molecular weight excluding hydrogens is 369 g/mol. The summed E-state index contributed by atoms with van der Waals surface area (Å²) in [5, 5.41) is 3.15. The molecular formula is C10H12IN3OS2. The summed E-state index contributed by atoms with van der Waals surface area (Å²) in [7, 11) is 0. The van der Waals surface area contributed by atoms with Crippen LogP contribution in [0.15, 0.2) is 24.3 Å². The van der Waals surface area contributed by atoms with Gasteiger partial charge in [0, 0.05) is 22.2 Å². The van der Waals surface area contributed by atoms with Gasteiger partial charge in [-0.25, -0.2) is 0 Å². The number of hydrazine groups is 1. The number of nitrogens with one attached hydrogen (secondary N) is 3. The fourth-order valence-corrected chi connectivity index (χ4v) is 1.54. The highest BCUT2D eigenvalue weighted by molar-refractivity contribution is 14.1. The van der Waals surface area contributed by atoms with Crippen LogP contribution in [0.1, 0.15) is 6.42 Å². The van der Waals surface area contributed by atoms with Crippen LogP contribution in [0, 0.1) is 3.57 Å². The van der Waals surface area contributed by atoms with E-state index < -0.39 is 0 Å². The van der Waals surface area contributed by atoms with Crippen molar-refractivity contribution in [2.45, 2.75) is 6.42 Å². The normalized spacial score (nSPS) is 9.53. The average Bonchev–Trinajstić information content (AvgIpc) is 2.29. The minimum atomic E-state index is -0.139. The number of benzene rings is 1. The first kappa shape index (κ1) is 14.5. The first-order chi connectivity index (χ1) is 8.08. The summed E-state index contributed by atoms with van der Waals surface area (Å²) in [5.74, 6) is -0.139. The Morgan fingerprint density at radius 3 is 2.53 bits per heavy atom. The molecule has 0 aliphatic carbocycles. The van der Waals surface area contributed by atoms with E-state index in [9.17, 15) is 4.79 Å². The standard InChI is InChI=1S/C10H12IN3OS2/c11-7-1-3-8(4-2-7)12-6-5-9(15)13-14-10(16)17/h1-4,12H,5-6H2,(H,13,15)(H2,14,16,17). The molecule has 92 valence electrons. The third-order valence-corrected chi connectivity index (χ3v) is 2.77. The predicted molar refractivity (Wildman–Crippen MR) is 85.1 cm³/mol. The Morgan fingerprint density at radius 1 is 1.29 bits per heavy atom. The minimum Gasteiger partial charge on any atom is -0.385 e. The zero-order chi connectivity index (χ0) is 12.7. The van der Waals surface area contributed by atoms with E-state index in [2.05, 4.69) is 63.6 Å². The molecule has 0 heterocycles. The number of thiol groups is 1. The average molecular weight is 381 g/mol. The first-order valence-electron chi connectivity index (χ1n) is 4.85. The molecule has 0 unspecified atom stereocenters. The second-order valence-electron chi connectivity index (χ2n) is 3.16. The Bertz CT molecular complexity index is 397. The molecule has 1 amide bonds. The Morgan fingerprint density at radius 2 is 1.94 bits per heavy atom. The fraction of sp³-hybridized carbons (Fsp3) is 0.200. The van der Waals surface area contributed by atoms with E-state index in [0.29, 0.717) is 13.0 Å². The monoisotopic (exact) mass is 381 g/mol. The molecule has 0 aliphatic rings. The van der Waals surface area contributed by atoms with Gasteiger partial charge < -0.3 is 5.32 Å². The Labute approximate surface area is 124 Å². The molecule has 0 saturated heterocycles. The second-order valence-corrected chi connectivity index (χ2v) is 5.57. The maximum atomic E-state index is 11.3. The Kier molecular flexibility index (Phi) is 6.60. The van der Waals surface area contributed by atoms with Crippen LogP contribution in [0.2, 0.25) is 0 Å². The van der Waals surface area contributed by atoms with E-state index in [4.69, 9.17) is 0 Å². The van der Waals surface area contributed by atoms with Crippen molar-refractivity contribution in [1.29, 1.82) is 0 Å². The molecule has 17 heavy (non-hydrogen) atoms. The number of carbonyl (C=O) groups excluding carboxylic acids is 1. The summed E-state index contributed by atoms with van der Waals surface area (Å²) < 4.78 is 1.42. The lowest BCUT2D eigenvalue weighted by Crippen LogP contribution is -2.39. The van der Waals surface area contributed by atoms with Crippen molar-refractivity contribution in [2.75, 3.05) is 11.9 Å². The summed E-state index contributed by atoms with van der Waals surface area (Å²) in [5.41, 5.74) is 5.89. The number of anilines is 1. The van der Waals surface area contributed by atoms with Crippen molar-refractivity contribution in [3.63, 3.8) is 0 Å². The van der Waals surface area contributed by atoms with E-state index in [1.54, 1.807) is 0 Å². The van der Waals surface area contributed by atoms with Crippen LogP contribution in [-0.4, -0.2) is 16.8 Å². The molecule has 4 nitrogen and oxygen atoms in total. The van der Waals surface area contributed by atoms with E-state index in [1.165, 1.54) is 3.57 Å². The molecule has 0 fully saturated rings. The summed E-state index contributed by atoms with van der Waals surface area (Å²) in [6.45, 7) is 0.563. The molecule has 1 aromatic carbocycles. The SMILES string of the molecule is O=C(CCNc1ccc(I)cc1)NNC(=S)S. The van der Waals surface area contributed by atoms with Crippen LogP contribution < -0.4 is 16.2 Å². The van der Waals surface area contributed by atoms with E-state index >= 15 is 0 Å². The van der Waals surface area contributed by atoms with Gasteiger partial charge in [0.25, 0.3) is 0 Å². The maximum Gasteiger partial charge on any atom is 0.240 e.